The molecule has 0 radical (unpaired) electrons. The molecule has 0 bridgehead atoms. The summed E-state index contributed by atoms with van der Waals surface area (Å²) < 4.78 is 5.07. The summed E-state index contributed by atoms with van der Waals surface area (Å²) in [5.74, 6) is 1.27. The summed E-state index contributed by atoms with van der Waals surface area (Å²) in [6.07, 6.45) is 0. The summed E-state index contributed by atoms with van der Waals surface area (Å²) in [6, 6.07) is 7.49. The molecule has 0 amide bonds. The van der Waals surface area contributed by atoms with Gasteiger partial charge >= 0.3 is 0 Å². The molecule has 0 atom stereocenters. The fraction of sp³-hybridized carbons (Fsp3) is 0.300. The first-order valence-corrected chi connectivity index (χ1v) is 4.05. The lowest BCUT2D eigenvalue weighted by Crippen LogP contribution is -2.21. The van der Waals surface area contributed by atoms with Crippen molar-refractivity contribution in [2.75, 3.05) is 21.2 Å². The predicted molar refractivity (Wildman–Crippen MR) is 53.5 cm³/mol. The predicted octanol–water partition coefficient (Wildman–Crippen LogP) is 1.58. The number of rotatable bonds is 2. The minimum atomic E-state index is 0.485. The van der Waals surface area contributed by atoms with Crippen molar-refractivity contribution >= 4 is 5.84 Å². The first kappa shape index (κ1) is 9.58. The summed E-state index contributed by atoms with van der Waals surface area (Å²) in [4.78, 5) is 1.76. The maximum absolute atomic E-state index is 7.73. The van der Waals surface area contributed by atoms with Gasteiger partial charge in [0.05, 0.1) is 7.11 Å². The van der Waals surface area contributed by atoms with Crippen LogP contribution in [0.15, 0.2) is 24.3 Å². The Labute approximate surface area is 78.4 Å². The second-order valence-electron chi connectivity index (χ2n) is 2.97. The quantitative estimate of drug-likeness (QED) is 0.551. The Morgan fingerprint density at radius 2 is 2.08 bits per heavy atom. The van der Waals surface area contributed by atoms with Crippen molar-refractivity contribution in [2.45, 2.75) is 0 Å². The average molecular weight is 178 g/mol. The number of amidine groups is 1. The monoisotopic (exact) mass is 178 g/mol. The topological polar surface area (TPSA) is 36.3 Å². The zero-order valence-corrected chi connectivity index (χ0v) is 8.16. The summed E-state index contributed by atoms with van der Waals surface area (Å²) in [6.45, 7) is 0. The molecule has 1 rings (SSSR count). The molecule has 0 spiro atoms. The van der Waals surface area contributed by atoms with E-state index in [9.17, 15) is 0 Å². The Morgan fingerprint density at radius 3 is 2.62 bits per heavy atom. The molecule has 1 N–H and O–H groups in total. The van der Waals surface area contributed by atoms with E-state index in [4.69, 9.17) is 10.1 Å². The summed E-state index contributed by atoms with van der Waals surface area (Å²) in [7, 11) is 5.32. The van der Waals surface area contributed by atoms with Crippen LogP contribution in [0.25, 0.3) is 0 Å². The van der Waals surface area contributed by atoms with Crippen molar-refractivity contribution in [3.8, 4) is 5.75 Å². The Hall–Kier alpha value is -1.51. The molecule has 70 valence electrons. The number of nitrogens with one attached hydrogen (secondary N) is 1. The molecular weight excluding hydrogens is 164 g/mol. The first-order valence-electron chi connectivity index (χ1n) is 4.05. The lowest BCUT2D eigenvalue weighted by atomic mass is 10.2. The fourth-order valence-electron chi connectivity index (χ4n) is 1.03. The second kappa shape index (κ2) is 3.94. The van der Waals surface area contributed by atoms with Crippen LogP contribution in [0.5, 0.6) is 5.75 Å². The van der Waals surface area contributed by atoms with E-state index in [1.807, 2.05) is 38.4 Å². The van der Waals surface area contributed by atoms with Gasteiger partial charge in [-0.25, -0.2) is 0 Å². The Bertz CT molecular complexity index is 308. The van der Waals surface area contributed by atoms with Crippen molar-refractivity contribution in [3.63, 3.8) is 0 Å². The molecule has 0 aliphatic carbocycles. The van der Waals surface area contributed by atoms with Crippen molar-refractivity contribution in [1.82, 2.24) is 4.90 Å². The highest BCUT2D eigenvalue weighted by Crippen LogP contribution is 2.13. The van der Waals surface area contributed by atoms with Crippen molar-refractivity contribution in [3.05, 3.63) is 29.8 Å². The first-order chi connectivity index (χ1) is 6.15. The summed E-state index contributed by atoms with van der Waals surface area (Å²) in [5, 5.41) is 7.73. The molecule has 3 nitrogen and oxygen atoms in total. The van der Waals surface area contributed by atoms with Crippen LogP contribution in [0.3, 0.4) is 0 Å². The van der Waals surface area contributed by atoms with Gasteiger partial charge in [0.15, 0.2) is 0 Å². The Balaban J connectivity index is 2.95. The van der Waals surface area contributed by atoms with E-state index in [0.29, 0.717) is 5.84 Å². The van der Waals surface area contributed by atoms with E-state index >= 15 is 0 Å². The highest BCUT2D eigenvalue weighted by molar-refractivity contribution is 5.96. The van der Waals surface area contributed by atoms with Crippen LogP contribution in [-0.4, -0.2) is 31.9 Å². The third kappa shape index (κ3) is 2.21. The fourth-order valence-corrected chi connectivity index (χ4v) is 1.03. The molecule has 0 aromatic heterocycles. The zero-order valence-electron chi connectivity index (χ0n) is 8.16. The molecule has 0 saturated heterocycles. The maximum Gasteiger partial charge on any atom is 0.127 e. The molecule has 1 aromatic rings. The van der Waals surface area contributed by atoms with E-state index in [1.165, 1.54) is 0 Å². The Kier molecular flexibility index (Phi) is 2.90. The molecular formula is C10H14N2O. The molecule has 0 heterocycles. The third-order valence-corrected chi connectivity index (χ3v) is 1.79. The van der Waals surface area contributed by atoms with Gasteiger partial charge in [-0.3, -0.25) is 5.41 Å². The van der Waals surface area contributed by atoms with E-state index < -0.39 is 0 Å². The van der Waals surface area contributed by atoms with Gasteiger partial charge in [-0.2, -0.15) is 0 Å². The van der Waals surface area contributed by atoms with Gasteiger partial charge in [0, 0.05) is 19.7 Å². The number of ether oxygens (including phenoxy) is 1. The normalized spacial score (nSPS) is 9.46. The molecule has 3 heteroatoms. The van der Waals surface area contributed by atoms with Gasteiger partial charge in [-0.15, -0.1) is 0 Å². The van der Waals surface area contributed by atoms with Gasteiger partial charge in [0.1, 0.15) is 11.6 Å². The van der Waals surface area contributed by atoms with E-state index in [2.05, 4.69) is 0 Å². The second-order valence-corrected chi connectivity index (χ2v) is 2.97. The molecule has 0 unspecified atom stereocenters. The molecule has 0 fully saturated rings. The molecule has 13 heavy (non-hydrogen) atoms. The van der Waals surface area contributed by atoms with Crippen molar-refractivity contribution in [2.24, 2.45) is 0 Å². The maximum atomic E-state index is 7.73. The van der Waals surface area contributed by atoms with Gasteiger partial charge in [0.2, 0.25) is 0 Å². The van der Waals surface area contributed by atoms with Gasteiger partial charge < -0.3 is 9.64 Å². The van der Waals surface area contributed by atoms with Crippen LogP contribution in [0.4, 0.5) is 0 Å². The molecule has 0 aliphatic rings. The Morgan fingerprint density at radius 1 is 1.38 bits per heavy atom. The smallest absolute Gasteiger partial charge is 0.127 e. The van der Waals surface area contributed by atoms with Crippen LogP contribution in [0, 0.1) is 5.41 Å². The number of hydrogen-bond acceptors (Lipinski definition) is 2. The van der Waals surface area contributed by atoms with Gasteiger partial charge in [-0.05, 0) is 12.1 Å². The molecule has 1 aromatic carbocycles. The standard InChI is InChI=1S/C10H14N2O/c1-12(2)10(11)8-5-4-6-9(7-8)13-3/h4-7,11H,1-3H3. The van der Waals surface area contributed by atoms with Crippen LogP contribution in [-0.2, 0) is 0 Å². The number of hydrogen-bond donors (Lipinski definition) is 1. The minimum absolute atomic E-state index is 0.485. The van der Waals surface area contributed by atoms with Crippen molar-refractivity contribution < 1.29 is 4.74 Å². The SMILES string of the molecule is COc1cccc(C(=N)N(C)C)c1. The lowest BCUT2D eigenvalue weighted by molar-refractivity contribution is 0.414. The number of methoxy groups -OCH3 is 1. The lowest BCUT2D eigenvalue weighted by Gasteiger charge is -2.13. The summed E-state index contributed by atoms with van der Waals surface area (Å²) in [5.41, 5.74) is 0.865. The number of nitrogens with zero attached hydrogens (tertiary/aromatic N) is 1. The molecule has 0 aliphatic heterocycles. The minimum Gasteiger partial charge on any atom is -0.497 e. The number of benzene rings is 1. The van der Waals surface area contributed by atoms with Crippen molar-refractivity contribution in [1.29, 1.82) is 5.41 Å². The van der Waals surface area contributed by atoms with E-state index in [1.54, 1.807) is 12.0 Å². The average Bonchev–Trinajstić information content (AvgIpc) is 2.16. The van der Waals surface area contributed by atoms with E-state index in [-0.39, 0.29) is 0 Å². The molecule has 0 saturated carbocycles. The third-order valence-electron chi connectivity index (χ3n) is 1.79. The highest BCUT2D eigenvalue weighted by atomic mass is 16.5. The van der Waals surface area contributed by atoms with Gasteiger partial charge in [0.25, 0.3) is 0 Å². The van der Waals surface area contributed by atoms with Crippen LogP contribution in [0.1, 0.15) is 5.56 Å². The summed E-state index contributed by atoms with van der Waals surface area (Å²) >= 11 is 0. The van der Waals surface area contributed by atoms with Crippen LogP contribution in [0.2, 0.25) is 0 Å². The van der Waals surface area contributed by atoms with Crippen LogP contribution >= 0.6 is 0 Å². The zero-order chi connectivity index (χ0) is 9.84. The van der Waals surface area contributed by atoms with E-state index in [0.717, 1.165) is 11.3 Å². The van der Waals surface area contributed by atoms with Crippen LogP contribution < -0.4 is 4.74 Å². The largest absolute Gasteiger partial charge is 0.497 e. The van der Waals surface area contributed by atoms with Gasteiger partial charge in [-0.1, -0.05) is 12.1 Å². The highest BCUT2D eigenvalue weighted by Gasteiger charge is 2.03.